The Hall–Kier alpha value is -2.78. The SMILES string of the molecule is CC[C@H](C(=O)NCC(C)C)N(Cc1ccc(OC)cc1)C(=O)CN(c1cccc(Cl)c1C)S(C)(=O)=O. The van der Waals surface area contributed by atoms with E-state index in [1.165, 1.54) is 4.90 Å². The maximum Gasteiger partial charge on any atom is 0.244 e. The minimum absolute atomic E-state index is 0.128. The van der Waals surface area contributed by atoms with Crippen LogP contribution in [0.5, 0.6) is 5.75 Å². The van der Waals surface area contributed by atoms with E-state index in [1.807, 2.05) is 32.9 Å². The van der Waals surface area contributed by atoms with Crippen LogP contribution in [-0.4, -0.2) is 57.6 Å². The van der Waals surface area contributed by atoms with E-state index in [0.717, 1.165) is 16.1 Å². The van der Waals surface area contributed by atoms with Gasteiger partial charge < -0.3 is 15.0 Å². The van der Waals surface area contributed by atoms with Crippen LogP contribution in [-0.2, 0) is 26.2 Å². The number of carbonyl (C=O) groups excluding carboxylic acids is 2. The first kappa shape index (κ1) is 29.5. The third kappa shape index (κ3) is 7.86. The largest absolute Gasteiger partial charge is 0.497 e. The smallest absolute Gasteiger partial charge is 0.244 e. The molecule has 36 heavy (non-hydrogen) atoms. The fourth-order valence-corrected chi connectivity index (χ4v) is 4.80. The summed E-state index contributed by atoms with van der Waals surface area (Å²) in [6.45, 7) is 7.62. The summed E-state index contributed by atoms with van der Waals surface area (Å²) in [4.78, 5) is 28.3. The minimum atomic E-state index is -3.83. The zero-order chi connectivity index (χ0) is 27.0. The average molecular weight is 538 g/mol. The number of carbonyl (C=O) groups is 2. The van der Waals surface area contributed by atoms with Crippen molar-refractivity contribution in [3.8, 4) is 5.75 Å². The standard InChI is InChI=1S/C26H36ClN3O5S/c1-7-23(26(32)28-15-18(2)3)29(16-20-11-13-21(35-5)14-12-20)25(31)17-30(36(6,33)34)24-10-8-9-22(27)19(24)4/h8-14,18,23H,7,15-17H2,1-6H3,(H,28,32)/t23-/m1/s1. The predicted octanol–water partition coefficient (Wildman–Crippen LogP) is 4.00. The second-order valence-corrected chi connectivity index (χ2v) is 11.4. The zero-order valence-corrected chi connectivity index (χ0v) is 23.3. The number of halogens is 1. The highest BCUT2D eigenvalue weighted by Crippen LogP contribution is 2.28. The van der Waals surface area contributed by atoms with Crippen LogP contribution in [0.1, 0.15) is 38.3 Å². The fourth-order valence-electron chi connectivity index (χ4n) is 3.73. The summed E-state index contributed by atoms with van der Waals surface area (Å²) >= 11 is 6.23. The molecule has 0 fully saturated rings. The molecule has 2 aromatic carbocycles. The molecule has 10 heteroatoms. The summed E-state index contributed by atoms with van der Waals surface area (Å²) in [7, 11) is -2.27. The highest BCUT2D eigenvalue weighted by molar-refractivity contribution is 7.92. The number of ether oxygens (including phenoxy) is 1. The van der Waals surface area contributed by atoms with Crippen LogP contribution in [0.3, 0.4) is 0 Å². The molecule has 1 atom stereocenters. The molecule has 1 N–H and O–H groups in total. The molecule has 0 radical (unpaired) electrons. The van der Waals surface area contributed by atoms with Gasteiger partial charge in [-0.3, -0.25) is 13.9 Å². The van der Waals surface area contributed by atoms with Gasteiger partial charge in [0.2, 0.25) is 21.8 Å². The number of benzene rings is 2. The van der Waals surface area contributed by atoms with Gasteiger partial charge in [-0.25, -0.2) is 8.42 Å². The van der Waals surface area contributed by atoms with Gasteiger partial charge in [0.25, 0.3) is 0 Å². The molecule has 2 aromatic rings. The first-order valence-corrected chi connectivity index (χ1v) is 14.0. The van der Waals surface area contributed by atoms with Gasteiger partial charge in [-0.1, -0.05) is 50.6 Å². The van der Waals surface area contributed by atoms with Gasteiger partial charge in [0, 0.05) is 18.1 Å². The summed E-state index contributed by atoms with van der Waals surface area (Å²) in [5, 5.41) is 3.29. The molecule has 0 saturated heterocycles. The number of hydrogen-bond donors (Lipinski definition) is 1. The van der Waals surface area contributed by atoms with Crippen LogP contribution in [0.15, 0.2) is 42.5 Å². The third-order valence-corrected chi connectivity index (χ3v) is 7.31. The van der Waals surface area contributed by atoms with Crippen LogP contribution in [0.4, 0.5) is 5.69 Å². The molecule has 0 aliphatic rings. The van der Waals surface area contributed by atoms with E-state index in [-0.39, 0.29) is 18.4 Å². The molecule has 0 spiro atoms. The van der Waals surface area contributed by atoms with E-state index < -0.39 is 28.5 Å². The number of nitrogens with zero attached hydrogens (tertiary/aromatic N) is 2. The highest BCUT2D eigenvalue weighted by atomic mass is 35.5. The second-order valence-electron chi connectivity index (χ2n) is 9.09. The molecule has 0 aliphatic heterocycles. The molecule has 2 amide bonds. The van der Waals surface area contributed by atoms with E-state index in [4.69, 9.17) is 16.3 Å². The molecule has 8 nitrogen and oxygen atoms in total. The Bertz CT molecular complexity index is 1150. The Balaban J connectivity index is 2.46. The average Bonchev–Trinajstić information content (AvgIpc) is 2.82. The first-order valence-electron chi connectivity index (χ1n) is 11.8. The molecular formula is C26H36ClN3O5S. The second kappa shape index (κ2) is 13.0. The van der Waals surface area contributed by atoms with Crippen LogP contribution in [0.25, 0.3) is 0 Å². The Morgan fingerprint density at radius 1 is 1.11 bits per heavy atom. The van der Waals surface area contributed by atoms with Crippen LogP contribution >= 0.6 is 11.6 Å². The van der Waals surface area contributed by atoms with E-state index in [9.17, 15) is 18.0 Å². The van der Waals surface area contributed by atoms with Crippen molar-refractivity contribution in [2.75, 3.05) is 30.8 Å². The Labute approximate surface area is 219 Å². The lowest BCUT2D eigenvalue weighted by Gasteiger charge is -2.33. The maximum atomic E-state index is 13.7. The molecule has 0 aliphatic carbocycles. The van der Waals surface area contributed by atoms with Gasteiger partial charge in [0.15, 0.2) is 0 Å². The molecule has 2 rings (SSSR count). The number of hydrogen-bond acceptors (Lipinski definition) is 5. The van der Waals surface area contributed by atoms with Gasteiger partial charge >= 0.3 is 0 Å². The van der Waals surface area contributed by atoms with E-state index in [1.54, 1.807) is 44.4 Å². The molecule has 0 heterocycles. The summed E-state index contributed by atoms with van der Waals surface area (Å²) in [5.41, 5.74) is 1.64. The van der Waals surface area contributed by atoms with Crippen molar-refractivity contribution in [1.29, 1.82) is 0 Å². The summed E-state index contributed by atoms with van der Waals surface area (Å²) < 4.78 is 31.8. The van der Waals surface area contributed by atoms with Crippen molar-refractivity contribution < 1.29 is 22.7 Å². The zero-order valence-electron chi connectivity index (χ0n) is 21.7. The maximum absolute atomic E-state index is 13.7. The van der Waals surface area contributed by atoms with Gasteiger partial charge in [-0.15, -0.1) is 0 Å². The predicted molar refractivity (Wildman–Crippen MR) is 144 cm³/mol. The third-order valence-electron chi connectivity index (χ3n) is 5.77. The normalized spacial score (nSPS) is 12.2. The topological polar surface area (TPSA) is 96.0 Å². The van der Waals surface area contributed by atoms with Crippen molar-refractivity contribution in [3.05, 3.63) is 58.6 Å². The monoisotopic (exact) mass is 537 g/mol. The van der Waals surface area contributed by atoms with E-state index in [0.29, 0.717) is 35.0 Å². The molecule has 0 aromatic heterocycles. The van der Waals surface area contributed by atoms with Gasteiger partial charge in [-0.2, -0.15) is 0 Å². The van der Waals surface area contributed by atoms with Crippen LogP contribution < -0.4 is 14.4 Å². The first-order chi connectivity index (χ1) is 16.9. The van der Waals surface area contributed by atoms with Crippen molar-refractivity contribution in [2.45, 2.75) is 46.7 Å². The lowest BCUT2D eigenvalue weighted by Crippen LogP contribution is -2.52. The fraction of sp³-hybridized carbons (Fsp3) is 0.462. The van der Waals surface area contributed by atoms with Gasteiger partial charge in [0.05, 0.1) is 19.1 Å². The lowest BCUT2D eigenvalue weighted by atomic mass is 10.1. The van der Waals surface area contributed by atoms with E-state index in [2.05, 4.69) is 5.32 Å². The van der Waals surface area contributed by atoms with Crippen molar-refractivity contribution in [3.63, 3.8) is 0 Å². The van der Waals surface area contributed by atoms with Gasteiger partial charge in [0.1, 0.15) is 18.3 Å². The van der Waals surface area contributed by atoms with Crippen LogP contribution in [0, 0.1) is 12.8 Å². The molecule has 0 unspecified atom stereocenters. The highest BCUT2D eigenvalue weighted by Gasteiger charge is 2.32. The number of rotatable bonds is 12. The Morgan fingerprint density at radius 3 is 2.28 bits per heavy atom. The number of methoxy groups -OCH3 is 1. The van der Waals surface area contributed by atoms with Crippen molar-refractivity contribution >= 4 is 39.1 Å². The summed E-state index contributed by atoms with van der Waals surface area (Å²) in [6, 6.07) is 11.3. The van der Waals surface area contributed by atoms with Gasteiger partial charge in [-0.05, 0) is 54.7 Å². The van der Waals surface area contributed by atoms with Crippen molar-refractivity contribution in [1.82, 2.24) is 10.2 Å². The summed E-state index contributed by atoms with van der Waals surface area (Å²) in [6.07, 6.45) is 1.40. The molecule has 0 bridgehead atoms. The molecular weight excluding hydrogens is 502 g/mol. The Kier molecular flexibility index (Phi) is 10.6. The Morgan fingerprint density at radius 2 is 1.75 bits per heavy atom. The summed E-state index contributed by atoms with van der Waals surface area (Å²) in [5.74, 6) is 0.127. The number of anilines is 1. The number of amides is 2. The molecule has 0 saturated carbocycles. The quantitative estimate of drug-likeness (QED) is 0.441. The van der Waals surface area contributed by atoms with Crippen molar-refractivity contribution in [2.24, 2.45) is 5.92 Å². The molecule has 198 valence electrons. The van der Waals surface area contributed by atoms with E-state index >= 15 is 0 Å². The number of sulfonamides is 1. The number of nitrogens with one attached hydrogen (secondary N) is 1. The minimum Gasteiger partial charge on any atom is -0.497 e. The van der Waals surface area contributed by atoms with Crippen LogP contribution in [0.2, 0.25) is 5.02 Å². The lowest BCUT2D eigenvalue weighted by molar-refractivity contribution is -0.140.